The molecule has 1 aromatic carbocycles. The van der Waals surface area contributed by atoms with Crippen molar-refractivity contribution >= 4 is 5.97 Å². The molecule has 0 aliphatic rings. The molecule has 0 radical (unpaired) electrons. The van der Waals surface area contributed by atoms with E-state index < -0.39 is 23.8 Å². The molecule has 0 fully saturated rings. The minimum absolute atomic E-state index is 0.0860. The predicted octanol–water partition coefficient (Wildman–Crippen LogP) is 2.56. The standard InChI is InChI=1S/C10H9F3O3/c1-6(9(14)15)16-8-4-2-7(3-5-8)10(11,12)13/h2-6H,1H3,(H,14,15). The Morgan fingerprint density at radius 2 is 1.81 bits per heavy atom. The van der Waals surface area contributed by atoms with Crippen molar-refractivity contribution in [3.05, 3.63) is 29.8 Å². The van der Waals surface area contributed by atoms with Crippen LogP contribution in [0.1, 0.15) is 12.5 Å². The maximum atomic E-state index is 12.2. The van der Waals surface area contributed by atoms with Crippen molar-refractivity contribution in [3.63, 3.8) is 0 Å². The van der Waals surface area contributed by atoms with Crippen LogP contribution in [-0.2, 0) is 11.0 Å². The summed E-state index contributed by atoms with van der Waals surface area (Å²) in [6.45, 7) is 1.29. The summed E-state index contributed by atoms with van der Waals surface area (Å²) in [5.41, 5.74) is -0.803. The molecule has 0 spiro atoms. The molecule has 88 valence electrons. The Hall–Kier alpha value is -1.72. The number of benzene rings is 1. The number of alkyl halides is 3. The van der Waals surface area contributed by atoms with Crippen molar-refractivity contribution in [1.82, 2.24) is 0 Å². The van der Waals surface area contributed by atoms with Crippen molar-refractivity contribution in [3.8, 4) is 5.75 Å². The van der Waals surface area contributed by atoms with Crippen LogP contribution in [0.2, 0.25) is 0 Å². The fourth-order valence-electron chi connectivity index (χ4n) is 0.977. The fraction of sp³-hybridized carbons (Fsp3) is 0.300. The van der Waals surface area contributed by atoms with Gasteiger partial charge in [-0.3, -0.25) is 0 Å². The lowest BCUT2D eigenvalue weighted by molar-refractivity contribution is -0.144. The Morgan fingerprint density at radius 3 is 2.19 bits per heavy atom. The van der Waals surface area contributed by atoms with E-state index in [9.17, 15) is 18.0 Å². The zero-order valence-electron chi connectivity index (χ0n) is 8.28. The molecule has 0 aliphatic heterocycles. The molecule has 1 atom stereocenters. The number of hydrogen-bond donors (Lipinski definition) is 1. The molecule has 0 saturated heterocycles. The number of rotatable bonds is 3. The van der Waals surface area contributed by atoms with E-state index in [2.05, 4.69) is 0 Å². The molecule has 0 aliphatic carbocycles. The van der Waals surface area contributed by atoms with Crippen LogP contribution in [0.4, 0.5) is 13.2 Å². The molecule has 0 bridgehead atoms. The number of ether oxygens (including phenoxy) is 1. The smallest absolute Gasteiger partial charge is 0.416 e. The van der Waals surface area contributed by atoms with Gasteiger partial charge in [0.05, 0.1) is 5.56 Å². The highest BCUT2D eigenvalue weighted by Crippen LogP contribution is 2.30. The van der Waals surface area contributed by atoms with Crippen molar-refractivity contribution in [1.29, 1.82) is 0 Å². The van der Waals surface area contributed by atoms with Crippen LogP contribution in [0.25, 0.3) is 0 Å². The normalized spacial score (nSPS) is 13.2. The second-order valence-electron chi connectivity index (χ2n) is 3.12. The highest BCUT2D eigenvalue weighted by atomic mass is 19.4. The molecular formula is C10H9F3O3. The summed E-state index contributed by atoms with van der Waals surface area (Å²) in [4.78, 5) is 10.4. The zero-order valence-corrected chi connectivity index (χ0v) is 8.28. The van der Waals surface area contributed by atoms with Gasteiger partial charge in [-0.15, -0.1) is 0 Å². The van der Waals surface area contributed by atoms with Crippen LogP contribution in [0.3, 0.4) is 0 Å². The number of carboxylic acid groups (broad SMARTS) is 1. The van der Waals surface area contributed by atoms with Crippen LogP contribution in [0.15, 0.2) is 24.3 Å². The van der Waals surface area contributed by atoms with E-state index in [1.54, 1.807) is 0 Å². The molecule has 16 heavy (non-hydrogen) atoms. The lowest BCUT2D eigenvalue weighted by Crippen LogP contribution is -2.22. The number of aliphatic carboxylic acids is 1. The molecule has 1 aromatic rings. The van der Waals surface area contributed by atoms with Crippen LogP contribution < -0.4 is 4.74 Å². The Bertz CT molecular complexity index is 370. The van der Waals surface area contributed by atoms with Gasteiger partial charge < -0.3 is 9.84 Å². The van der Waals surface area contributed by atoms with Gasteiger partial charge in [0.15, 0.2) is 6.10 Å². The van der Waals surface area contributed by atoms with Gasteiger partial charge in [-0.1, -0.05) is 0 Å². The highest BCUT2D eigenvalue weighted by Gasteiger charge is 2.30. The van der Waals surface area contributed by atoms with E-state index in [1.807, 2.05) is 0 Å². The molecule has 0 aromatic heterocycles. The minimum atomic E-state index is -4.41. The van der Waals surface area contributed by atoms with Crippen molar-refractivity contribution in [2.75, 3.05) is 0 Å². The second kappa shape index (κ2) is 4.42. The summed E-state index contributed by atoms with van der Waals surface area (Å²) in [5.74, 6) is -1.09. The molecule has 1 N–H and O–H groups in total. The van der Waals surface area contributed by atoms with Gasteiger partial charge in [-0.25, -0.2) is 4.79 Å². The third-order valence-corrected chi connectivity index (χ3v) is 1.84. The number of carboxylic acids is 1. The fourth-order valence-corrected chi connectivity index (χ4v) is 0.977. The maximum absolute atomic E-state index is 12.2. The van der Waals surface area contributed by atoms with Gasteiger partial charge in [0.2, 0.25) is 0 Å². The van der Waals surface area contributed by atoms with Crippen LogP contribution in [0, 0.1) is 0 Å². The molecule has 3 nitrogen and oxygen atoms in total. The Morgan fingerprint density at radius 1 is 1.31 bits per heavy atom. The van der Waals surface area contributed by atoms with E-state index in [-0.39, 0.29) is 5.75 Å². The quantitative estimate of drug-likeness (QED) is 0.874. The molecule has 1 rings (SSSR count). The first-order valence-corrected chi connectivity index (χ1v) is 4.37. The van der Waals surface area contributed by atoms with Crippen LogP contribution in [-0.4, -0.2) is 17.2 Å². The SMILES string of the molecule is CC(Oc1ccc(C(F)(F)F)cc1)C(=O)O. The summed E-state index contributed by atoms with van der Waals surface area (Å²) in [7, 11) is 0. The second-order valence-corrected chi connectivity index (χ2v) is 3.12. The van der Waals surface area contributed by atoms with Crippen LogP contribution in [0.5, 0.6) is 5.75 Å². The lowest BCUT2D eigenvalue weighted by Gasteiger charge is -2.11. The van der Waals surface area contributed by atoms with E-state index in [0.29, 0.717) is 0 Å². The first-order valence-electron chi connectivity index (χ1n) is 4.37. The summed E-state index contributed by atoms with van der Waals surface area (Å²) < 4.78 is 41.4. The van der Waals surface area contributed by atoms with Crippen LogP contribution >= 0.6 is 0 Å². The number of carbonyl (C=O) groups is 1. The zero-order chi connectivity index (χ0) is 12.3. The minimum Gasteiger partial charge on any atom is -0.479 e. The topological polar surface area (TPSA) is 46.5 Å². The predicted molar refractivity (Wildman–Crippen MR) is 49.2 cm³/mol. The summed E-state index contributed by atoms with van der Waals surface area (Å²) in [6, 6.07) is 3.85. The molecular weight excluding hydrogens is 225 g/mol. The third kappa shape index (κ3) is 3.15. The summed E-state index contributed by atoms with van der Waals surface area (Å²) in [5, 5.41) is 8.52. The van der Waals surface area contributed by atoms with E-state index in [0.717, 1.165) is 24.3 Å². The van der Waals surface area contributed by atoms with Gasteiger partial charge in [0.25, 0.3) is 0 Å². The molecule has 6 heteroatoms. The average Bonchev–Trinajstić information content (AvgIpc) is 2.17. The number of hydrogen-bond acceptors (Lipinski definition) is 2. The van der Waals surface area contributed by atoms with E-state index in [1.165, 1.54) is 6.92 Å². The molecule has 1 unspecified atom stereocenters. The molecule has 0 heterocycles. The largest absolute Gasteiger partial charge is 0.479 e. The molecule has 0 amide bonds. The van der Waals surface area contributed by atoms with Gasteiger partial charge >= 0.3 is 12.1 Å². The van der Waals surface area contributed by atoms with E-state index in [4.69, 9.17) is 9.84 Å². The van der Waals surface area contributed by atoms with E-state index >= 15 is 0 Å². The van der Waals surface area contributed by atoms with Gasteiger partial charge in [-0.2, -0.15) is 13.2 Å². The maximum Gasteiger partial charge on any atom is 0.416 e. The Labute approximate surface area is 89.5 Å². The third-order valence-electron chi connectivity index (χ3n) is 1.84. The van der Waals surface area contributed by atoms with Crippen molar-refractivity contribution in [2.24, 2.45) is 0 Å². The summed E-state index contributed by atoms with van der Waals surface area (Å²) >= 11 is 0. The van der Waals surface area contributed by atoms with Gasteiger partial charge in [0, 0.05) is 0 Å². The monoisotopic (exact) mass is 234 g/mol. The lowest BCUT2D eigenvalue weighted by atomic mass is 10.2. The number of halogens is 3. The van der Waals surface area contributed by atoms with Crippen molar-refractivity contribution in [2.45, 2.75) is 19.2 Å². The highest BCUT2D eigenvalue weighted by molar-refractivity contribution is 5.72. The van der Waals surface area contributed by atoms with Gasteiger partial charge in [-0.05, 0) is 31.2 Å². The Balaban J connectivity index is 2.76. The first kappa shape index (κ1) is 12.4. The van der Waals surface area contributed by atoms with Gasteiger partial charge in [0.1, 0.15) is 5.75 Å². The van der Waals surface area contributed by atoms with Crippen molar-refractivity contribution < 1.29 is 27.8 Å². The molecule has 0 saturated carbocycles. The first-order chi connectivity index (χ1) is 7.30. The average molecular weight is 234 g/mol. The summed E-state index contributed by atoms with van der Waals surface area (Å²) in [6.07, 6.45) is -5.51. The Kier molecular flexibility index (Phi) is 3.41.